The van der Waals surface area contributed by atoms with Crippen LogP contribution in [0.4, 0.5) is 0 Å². The van der Waals surface area contributed by atoms with Gasteiger partial charge in [0.05, 0.1) is 12.7 Å². The average Bonchev–Trinajstić information content (AvgIpc) is 2.49. The summed E-state index contributed by atoms with van der Waals surface area (Å²) in [5.74, 6) is -0.212. The third-order valence-corrected chi connectivity index (χ3v) is 3.45. The van der Waals surface area contributed by atoms with Crippen molar-refractivity contribution in [2.24, 2.45) is 0 Å². The Bertz CT molecular complexity index is 470. The minimum absolute atomic E-state index is 0.212. The highest BCUT2D eigenvalue weighted by molar-refractivity contribution is 5.88. The zero-order chi connectivity index (χ0) is 14.4. The fraction of sp³-hybridized carbons (Fsp3) is 0.438. The number of rotatable bonds is 5. The van der Waals surface area contributed by atoms with Gasteiger partial charge in [-0.2, -0.15) is 0 Å². The van der Waals surface area contributed by atoms with Crippen molar-refractivity contribution in [2.45, 2.75) is 19.4 Å². The van der Waals surface area contributed by atoms with E-state index < -0.39 is 6.10 Å². The number of nitrogens with zero attached hydrogens (tertiary/aromatic N) is 1. The maximum atomic E-state index is 11.6. The van der Waals surface area contributed by atoms with Gasteiger partial charge in [0, 0.05) is 25.2 Å². The molecule has 0 bridgehead atoms. The van der Waals surface area contributed by atoms with Crippen LogP contribution in [0.2, 0.25) is 0 Å². The lowest BCUT2D eigenvalue weighted by Gasteiger charge is -2.27. The summed E-state index contributed by atoms with van der Waals surface area (Å²) >= 11 is 0. The first-order valence-corrected chi connectivity index (χ1v) is 7.02. The minimum Gasteiger partial charge on any atom is -0.463 e. The molecule has 0 fully saturated rings. The molecule has 4 nitrogen and oxygen atoms in total. The van der Waals surface area contributed by atoms with Gasteiger partial charge in [0.25, 0.3) is 0 Å². The first-order chi connectivity index (χ1) is 9.70. The van der Waals surface area contributed by atoms with Crippen LogP contribution in [0.15, 0.2) is 42.0 Å². The van der Waals surface area contributed by atoms with E-state index in [4.69, 9.17) is 4.74 Å². The zero-order valence-electron chi connectivity index (χ0n) is 11.8. The van der Waals surface area contributed by atoms with E-state index in [0.29, 0.717) is 26.1 Å². The quantitative estimate of drug-likeness (QED) is 0.834. The Balaban J connectivity index is 1.86. The molecule has 0 amide bonds. The Kier molecular flexibility index (Phi) is 5.32. The summed E-state index contributed by atoms with van der Waals surface area (Å²) in [5, 5.41) is 10.2. The lowest BCUT2D eigenvalue weighted by Crippen LogP contribution is -2.34. The molecule has 1 aliphatic rings. The summed E-state index contributed by atoms with van der Waals surface area (Å²) in [6, 6.07) is 9.63. The van der Waals surface area contributed by atoms with Gasteiger partial charge in [-0.1, -0.05) is 36.4 Å². The van der Waals surface area contributed by atoms with Gasteiger partial charge in [-0.3, -0.25) is 4.90 Å². The number of esters is 1. The number of benzene rings is 1. The van der Waals surface area contributed by atoms with Crippen molar-refractivity contribution >= 4 is 5.97 Å². The summed E-state index contributed by atoms with van der Waals surface area (Å²) in [4.78, 5) is 13.7. The summed E-state index contributed by atoms with van der Waals surface area (Å²) in [5.41, 5.74) is 1.67. The van der Waals surface area contributed by atoms with Crippen LogP contribution < -0.4 is 0 Å². The Hall–Kier alpha value is -1.65. The Labute approximate surface area is 119 Å². The second kappa shape index (κ2) is 7.22. The Morgan fingerprint density at radius 2 is 2.15 bits per heavy atom. The van der Waals surface area contributed by atoms with Crippen molar-refractivity contribution in [1.29, 1.82) is 0 Å². The smallest absolute Gasteiger partial charge is 0.333 e. The first-order valence-electron chi connectivity index (χ1n) is 7.02. The maximum Gasteiger partial charge on any atom is 0.333 e. The van der Waals surface area contributed by atoms with Crippen LogP contribution in [0.1, 0.15) is 25.0 Å². The van der Waals surface area contributed by atoms with E-state index in [1.807, 2.05) is 43.3 Å². The number of aliphatic hydroxyl groups is 1. The molecule has 1 aliphatic heterocycles. The van der Waals surface area contributed by atoms with Crippen molar-refractivity contribution in [2.75, 3.05) is 26.2 Å². The third kappa shape index (κ3) is 3.92. The molecule has 1 aromatic carbocycles. The number of β-amino-alcohol motifs (C(OH)–C–C–N with tert-alkyl or cyclic N) is 1. The molecule has 108 valence electrons. The number of hydrogen-bond donors (Lipinski definition) is 1. The molecule has 0 saturated heterocycles. The molecule has 2 rings (SSSR count). The van der Waals surface area contributed by atoms with Crippen molar-refractivity contribution in [3.8, 4) is 0 Å². The molecule has 1 atom stereocenters. The van der Waals surface area contributed by atoms with Gasteiger partial charge in [0.2, 0.25) is 0 Å². The van der Waals surface area contributed by atoms with E-state index in [1.54, 1.807) is 0 Å². The van der Waals surface area contributed by atoms with Crippen LogP contribution in [0, 0.1) is 0 Å². The molecule has 1 aromatic rings. The Morgan fingerprint density at radius 1 is 1.40 bits per heavy atom. The van der Waals surface area contributed by atoms with Crippen molar-refractivity contribution in [3.05, 3.63) is 47.5 Å². The van der Waals surface area contributed by atoms with Gasteiger partial charge in [0.15, 0.2) is 0 Å². The molecule has 4 heteroatoms. The molecule has 0 aromatic heterocycles. The molecule has 1 heterocycles. The highest BCUT2D eigenvalue weighted by Gasteiger charge is 2.20. The molecular weight excluding hydrogens is 254 g/mol. The largest absolute Gasteiger partial charge is 0.463 e. The average molecular weight is 275 g/mol. The van der Waals surface area contributed by atoms with Crippen LogP contribution in [-0.4, -0.2) is 42.2 Å². The molecule has 1 unspecified atom stereocenters. The standard InChI is InChI=1S/C16H21NO3/c1-2-20-16(19)14-8-10-17(11-9-14)12-15(18)13-6-4-3-5-7-13/h3-8,15,18H,2,9-12H2,1H3. The number of ether oxygens (including phenoxy) is 1. The number of aliphatic hydroxyl groups excluding tert-OH is 1. The van der Waals surface area contributed by atoms with Gasteiger partial charge < -0.3 is 9.84 Å². The predicted molar refractivity (Wildman–Crippen MR) is 77.2 cm³/mol. The first kappa shape index (κ1) is 14.8. The van der Waals surface area contributed by atoms with Crippen LogP contribution in [0.25, 0.3) is 0 Å². The van der Waals surface area contributed by atoms with Crippen LogP contribution in [0.3, 0.4) is 0 Å². The number of hydrogen-bond acceptors (Lipinski definition) is 4. The van der Waals surface area contributed by atoms with E-state index in [-0.39, 0.29) is 5.97 Å². The van der Waals surface area contributed by atoms with Crippen molar-refractivity contribution in [3.63, 3.8) is 0 Å². The topological polar surface area (TPSA) is 49.8 Å². The van der Waals surface area contributed by atoms with E-state index in [2.05, 4.69) is 4.90 Å². The number of carbonyl (C=O) groups excluding carboxylic acids is 1. The summed E-state index contributed by atoms with van der Waals surface area (Å²) in [7, 11) is 0. The van der Waals surface area contributed by atoms with Crippen LogP contribution in [-0.2, 0) is 9.53 Å². The van der Waals surface area contributed by atoms with Crippen molar-refractivity contribution in [1.82, 2.24) is 4.90 Å². The monoisotopic (exact) mass is 275 g/mol. The normalized spacial score (nSPS) is 17.4. The second-order valence-electron chi connectivity index (χ2n) is 4.89. The number of carbonyl (C=O) groups is 1. The molecule has 20 heavy (non-hydrogen) atoms. The second-order valence-corrected chi connectivity index (χ2v) is 4.89. The summed E-state index contributed by atoms with van der Waals surface area (Å²) < 4.78 is 4.99. The summed E-state index contributed by atoms with van der Waals surface area (Å²) in [6.07, 6.45) is 2.09. The van der Waals surface area contributed by atoms with Crippen LogP contribution >= 0.6 is 0 Å². The van der Waals surface area contributed by atoms with Crippen molar-refractivity contribution < 1.29 is 14.6 Å². The Morgan fingerprint density at radius 3 is 2.75 bits per heavy atom. The van der Waals surface area contributed by atoms with Gasteiger partial charge in [0.1, 0.15) is 0 Å². The third-order valence-electron chi connectivity index (χ3n) is 3.45. The molecule has 0 saturated carbocycles. The maximum absolute atomic E-state index is 11.6. The molecular formula is C16H21NO3. The van der Waals surface area contributed by atoms with E-state index in [0.717, 1.165) is 17.7 Å². The fourth-order valence-corrected chi connectivity index (χ4v) is 2.31. The van der Waals surface area contributed by atoms with Gasteiger partial charge >= 0.3 is 5.97 Å². The van der Waals surface area contributed by atoms with E-state index in [1.165, 1.54) is 0 Å². The lowest BCUT2D eigenvalue weighted by molar-refractivity contribution is -0.138. The zero-order valence-corrected chi connectivity index (χ0v) is 11.8. The lowest BCUT2D eigenvalue weighted by atomic mass is 10.1. The van der Waals surface area contributed by atoms with E-state index in [9.17, 15) is 9.90 Å². The fourth-order valence-electron chi connectivity index (χ4n) is 2.31. The molecule has 0 aliphatic carbocycles. The predicted octanol–water partition coefficient (Wildman–Crippen LogP) is 1.92. The minimum atomic E-state index is -0.492. The summed E-state index contributed by atoms with van der Waals surface area (Å²) in [6.45, 7) is 4.25. The van der Waals surface area contributed by atoms with Gasteiger partial charge in [-0.05, 0) is 18.9 Å². The highest BCUT2D eigenvalue weighted by atomic mass is 16.5. The van der Waals surface area contributed by atoms with Gasteiger partial charge in [-0.15, -0.1) is 0 Å². The highest BCUT2D eigenvalue weighted by Crippen LogP contribution is 2.17. The molecule has 0 radical (unpaired) electrons. The molecule has 0 spiro atoms. The van der Waals surface area contributed by atoms with E-state index >= 15 is 0 Å². The van der Waals surface area contributed by atoms with Gasteiger partial charge in [-0.25, -0.2) is 4.79 Å². The SMILES string of the molecule is CCOC(=O)C1=CCN(CC(O)c2ccccc2)CC1. The molecule has 1 N–H and O–H groups in total. The van der Waals surface area contributed by atoms with Crippen LogP contribution in [0.5, 0.6) is 0 Å².